The smallest absolute Gasteiger partial charge is 0.109 e. The number of hydrogen-bond donors (Lipinski definition) is 0. The minimum Gasteiger partial charge on any atom is -0.109 e. The van der Waals surface area contributed by atoms with Crippen LogP contribution in [0.4, 0.5) is 0 Å². The van der Waals surface area contributed by atoms with Crippen molar-refractivity contribution in [3.63, 3.8) is 0 Å². The maximum atomic E-state index is 4.81. The van der Waals surface area contributed by atoms with Crippen molar-refractivity contribution in [1.29, 1.82) is 0 Å². The molecule has 0 spiro atoms. The van der Waals surface area contributed by atoms with Crippen LogP contribution in [0.1, 0.15) is 0 Å². The van der Waals surface area contributed by atoms with Gasteiger partial charge in [-0.1, -0.05) is 69.6 Å². The lowest BCUT2D eigenvalue weighted by Gasteiger charge is -1.69. The SMILES string of the molecule is ClC(Cl)Cl.ClC(Cl)Cl.ClCCl. The first-order valence-corrected chi connectivity index (χ1v) is 5.53. The molecule has 0 nitrogen and oxygen atoms in total. The van der Waals surface area contributed by atoms with Crippen molar-refractivity contribution in [2.24, 2.45) is 0 Å². The Morgan fingerprint density at radius 2 is 0.636 bits per heavy atom. The van der Waals surface area contributed by atoms with Gasteiger partial charge in [-0.2, -0.15) is 0 Å². The number of alkyl halides is 8. The van der Waals surface area contributed by atoms with E-state index < -0.39 is 8.59 Å². The predicted molar refractivity (Wildman–Crippen MR) is 59.3 cm³/mol. The molecule has 0 aromatic carbocycles. The van der Waals surface area contributed by atoms with E-state index in [4.69, 9.17) is 92.8 Å². The van der Waals surface area contributed by atoms with Crippen LogP contribution < -0.4 is 0 Å². The second-order valence-corrected chi connectivity index (χ2v) is 5.36. The van der Waals surface area contributed by atoms with E-state index in [1.54, 1.807) is 0 Å². The van der Waals surface area contributed by atoms with Crippen LogP contribution in [0.15, 0.2) is 0 Å². The summed E-state index contributed by atoms with van der Waals surface area (Å²) in [6.45, 7) is 0. The fourth-order valence-corrected chi connectivity index (χ4v) is 0. The molecule has 0 fully saturated rings. The van der Waals surface area contributed by atoms with Gasteiger partial charge in [-0.05, 0) is 0 Å². The highest BCUT2D eigenvalue weighted by Crippen LogP contribution is 2.04. The van der Waals surface area contributed by atoms with Gasteiger partial charge in [0.05, 0.1) is 5.34 Å². The average molecular weight is 324 g/mol. The molecule has 8 heteroatoms. The van der Waals surface area contributed by atoms with Crippen molar-refractivity contribution in [3.05, 3.63) is 0 Å². The third kappa shape index (κ3) is 244. The van der Waals surface area contributed by atoms with Crippen molar-refractivity contribution in [1.82, 2.24) is 0 Å². The Morgan fingerprint density at radius 3 is 0.636 bits per heavy atom. The Balaban J connectivity index is -0.0000000886. The first kappa shape index (κ1) is 19.0. The van der Waals surface area contributed by atoms with Crippen LogP contribution in [0.2, 0.25) is 0 Å². The Hall–Kier alpha value is 2.32. The molecule has 0 saturated heterocycles. The van der Waals surface area contributed by atoms with Crippen LogP contribution in [-0.2, 0) is 0 Å². The Kier molecular flexibility index (Phi) is 31.4. The van der Waals surface area contributed by atoms with E-state index in [0.717, 1.165) is 0 Å². The Labute approximate surface area is 106 Å². The van der Waals surface area contributed by atoms with Gasteiger partial charge in [0.15, 0.2) is 8.59 Å². The van der Waals surface area contributed by atoms with Crippen LogP contribution in [0.25, 0.3) is 0 Å². The zero-order valence-corrected chi connectivity index (χ0v) is 10.9. The van der Waals surface area contributed by atoms with Gasteiger partial charge in [-0.3, -0.25) is 0 Å². The summed E-state index contributed by atoms with van der Waals surface area (Å²) in [5, 5.41) is 0.194. The minimum absolute atomic E-state index is 0.194. The summed E-state index contributed by atoms with van der Waals surface area (Å²) in [4.78, 5) is 0. The van der Waals surface area contributed by atoms with E-state index in [1.165, 1.54) is 0 Å². The van der Waals surface area contributed by atoms with E-state index in [9.17, 15) is 0 Å². The fraction of sp³-hybridized carbons (Fsp3) is 1.00. The molecule has 0 bridgehead atoms. The van der Waals surface area contributed by atoms with Gasteiger partial charge in [0, 0.05) is 0 Å². The van der Waals surface area contributed by atoms with E-state index in [2.05, 4.69) is 0 Å². The normalized spacial score (nSPS) is 8.18. The highest BCUT2D eigenvalue weighted by atomic mass is 35.6. The van der Waals surface area contributed by atoms with Gasteiger partial charge in [0.2, 0.25) is 0 Å². The van der Waals surface area contributed by atoms with Gasteiger partial charge in [-0.25, -0.2) is 0 Å². The lowest BCUT2D eigenvalue weighted by molar-refractivity contribution is 1.96. The van der Waals surface area contributed by atoms with E-state index in [-0.39, 0.29) is 5.34 Å². The zero-order valence-electron chi connectivity index (χ0n) is 4.89. The summed E-state index contributed by atoms with van der Waals surface area (Å²) in [6, 6.07) is 0. The van der Waals surface area contributed by atoms with Gasteiger partial charge >= 0.3 is 0 Å². The maximum absolute atomic E-state index is 4.81. The van der Waals surface area contributed by atoms with Gasteiger partial charge < -0.3 is 0 Å². The van der Waals surface area contributed by atoms with Gasteiger partial charge in [0.25, 0.3) is 0 Å². The Morgan fingerprint density at radius 1 is 0.636 bits per heavy atom. The lowest BCUT2D eigenvalue weighted by atomic mass is 11.9. The summed E-state index contributed by atoms with van der Waals surface area (Å²) in [7, 11) is 0. The van der Waals surface area contributed by atoms with Crippen LogP contribution in [-0.4, -0.2) is 13.9 Å². The maximum Gasteiger partial charge on any atom is 0.180 e. The molecule has 0 aliphatic heterocycles. The fourth-order valence-electron chi connectivity index (χ4n) is 0. The molecule has 0 saturated carbocycles. The van der Waals surface area contributed by atoms with Crippen molar-refractivity contribution < 1.29 is 0 Å². The van der Waals surface area contributed by atoms with Crippen molar-refractivity contribution in [3.8, 4) is 0 Å². The molecule has 11 heavy (non-hydrogen) atoms. The number of rotatable bonds is 0. The van der Waals surface area contributed by atoms with Gasteiger partial charge in [0.1, 0.15) is 0 Å². The first-order chi connectivity index (χ1) is 4.88. The Bertz CT molecular complexity index is 33.1. The lowest BCUT2D eigenvalue weighted by Crippen LogP contribution is -1.55. The van der Waals surface area contributed by atoms with Crippen LogP contribution in [0.3, 0.4) is 0 Å². The second kappa shape index (κ2) is 18.2. The molecule has 0 amide bonds. The third-order valence-corrected chi connectivity index (χ3v) is 0. The second-order valence-electron chi connectivity index (χ2n) is 0.596. The van der Waals surface area contributed by atoms with Gasteiger partial charge in [-0.15, -0.1) is 23.2 Å². The standard InChI is InChI=1S/2CHCl3.CH2Cl2/c2*2-1(3)4;2-1-3/h2*1H;1H2. The van der Waals surface area contributed by atoms with Crippen molar-refractivity contribution in [2.45, 2.75) is 8.59 Å². The van der Waals surface area contributed by atoms with Crippen LogP contribution in [0.5, 0.6) is 0 Å². The molecule has 0 aromatic rings. The van der Waals surface area contributed by atoms with E-state index in [1.807, 2.05) is 0 Å². The molecule has 0 rings (SSSR count). The summed E-state index contributed by atoms with van der Waals surface area (Å²) >= 11 is 38.4. The number of hydrogen-bond acceptors (Lipinski definition) is 0. The summed E-state index contributed by atoms with van der Waals surface area (Å²) in [5.74, 6) is 0. The first-order valence-electron chi connectivity index (χ1n) is 1.84. The molecule has 0 heterocycles. The molecule has 0 aromatic heterocycles. The molecule has 0 N–H and O–H groups in total. The van der Waals surface area contributed by atoms with E-state index >= 15 is 0 Å². The molecule has 0 aliphatic rings. The zero-order chi connectivity index (χ0) is 9.86. The summed E-state index contributed by atoms with van der Waals surface area (Å²) < 4.78 is -1.50. The third-order valence-electron chi connectivity index (χ3n) is 0. The number of halogens is 8. The van der Waals surface area contributed by atoms with Crippen LogP contribution in [0, 0.1) is 0 Å². The molecular weight excluding hydrogens is 320 g/mol. The molecule has 0 unspecified atom stereocenters. The van der Waals surface area contributed by atoms with Crippen molar-refractivity contribution >= 4 is 92.8 Å². The molecule has 0 aliphatic carbocycles. The molecule has 0 atom stereocenters. The highest BCUT2D eigenvalue weighted by molar-refractivity contribution is 6.63. The predicted octanol–water partition coefficient (Wildman–Crippen LogP) is 5.39. The summed E-state index contributed by atoms with van der Waals surface area (Å²) in [6.07, 6.45) is 0. The molecule has 0 radical (unpaired) electrons. The quantitative estimate of drug-likeness (QED) is 0.524. The topological polar surface area (TPSA) is 0 Å². The average Bonchev–Trinajstić information content (AvgIpc) is 1.60. The minimum atomic E-state index is -0.750. The van der Waals surface area contributed by atoms with E-state index in [0.29, 0.717) is 0 Å². The largest absolute Gasteiger partial charge is 0.180 e. The highest BCUT2D eigenvalue weighted by Gasteiger charge is 1.79. The van der Waals surface area contributed by atoms with Crippen molar-refractivity contribution in [2.75, 3.05) is 5.34 Å². The van der Waals surface area contributed by atoms with Crippen LogP contribution >= 0.6 is 92.8 Å². The monoisotopic (exact) mass is 320 g/mol. The molecule has 72 valence electrons. The molecular formula is C3H4Cl8. The summed E-state index contributed by atoms with van der Waals surface area (Å²) in [5.41, 5.74) is 0.